The molecule has 1 aliphatic rings. The summed E-state index contributed by atoms with van der Waals surface area (Å²) in [7, 11) is -0.574. The molecule has 3 nitrogen and oxygen atoms in total. The van der Waals surface area contributed by atoms with Crippen molar-refractivity contribution in [3.63, 3.8) is 0 Å². The third-order valence-corrected chi connectivity index (χ3v) is 5.20. The second-order valence-corrected chi connectivity index (χ2v) is 7.99. The van der Waals surface area contributed by atoms with Gasteiger partial charge in [0, 0.05) is 11.1 Å². The Hall–Kier alpha value is -1.46. The molecule has 0 N–H and O–H groups in total. The van der Waals surface area contributed by atoms with E-state index in [1.807, 2.05) is 46.8 Å². The van der Waals surface area contributed by atoms with Gasteiger partial charge in [-0.25, -0.2) is 4.39 Å². The zero-order valence-corrected chi connectivity index (χ0v) is 15.5. The first-order valence-corrected chi connectivity index (χ1v) is 8.48. The molecule has 0 bridgehead atoms. The number of benzene rings is 1. The number of hydrogen-bond donors (Lipinski definition) is 0. The van der Waals surface area contributed by atoms with Crippen molar-refractivity contribution in [3.05, 3.63) is 35.3 Å². The van der Waals surface area contributed by atoms with E-state index >= 15 is 0 Å². The minimum atomic E-state index is -0.574. The van der Waals surface area contributed by atoms with E-state index in [2.05, 4.69) is 18.8 Å². The Bertz CT molecular complexity index is 786. The fourth-order valence-electron chi connectivity index (χ4n) is 3.06. The van der Waals surface area contributed by atoms with Gasteiger partial charge in [0.2, 0.25) is 0 Å². The Kier molecular flexibility index (Phi) is 4.00. The van der Waals surface area contributed by atoms with Crippen LogP contribution in [0.4, 0.5) is 4.39 Å². The summed E-state index contributed by atoms with van der Waals surface area (Å²) >= 11 is 0. The van der Waals surface area contributed by atoms with Crippen LogP contribution in [0.3, 0.4) is 0 Å². The van der Waals surface area contributed by atoms with Crippen LogP contribution in [-0.2, 0) is 9.31 Å². The molecule has 2 aromatic rings. The molecule has 0 spiro atoms. The van der Waals surface area contributed by atoms with Gasteiger partial charge in [-0.05, 0) is 63.7 Å². The number of aryl methyl sites for hydroxylation is 1. The molecule has 1 saturated heterocycles. The average molecular weight is 329 g/mol. The molecule has 0 unspecified atom stereocenters. The molecule has 1 aromatic carbocycles. The van der Waals surface area contributed by atoms with Crippen LogP contribution in [-0.4, -0.2) is 23.3 Å². The first kappa shape index (κ1) is 17.4. The van der Waals surface area contributed by atoms with Gasteiger partial charge in [-0.15, -0.1) is 0 Å². The zero-order chi connectivity index (χ0) is 17.9. The number of pyridine rings is 1. The number of halogens is 1. The lowest BCUT2D eigenvalue weighted by atomic mass is 9.77. The van der Waals surface area contributed by atoms with Gasteiger partial charge in [-0.2, -0.15) is 0 Å². The van der Waals surface area contributed by atoms with Crippen molar-refractivity contribution in [3.8, 4) is 0 Å². The van der Waals surface area contributed by atoms with Gasteiger partial charge in [0.1, 0.15) is 11.3 Å². The van der Waals surface area contributed by atoms with Crippen molar-refractivity contribution in [1.82, 2.24) is 4.98 Å². The molecule has 1 aliphatic heterocycles. The lowest BCUT2D eigenvalue weighted by molar-refractivity contribution is 0.00578. The van der Waals surface area contributed by atoms with Gasteiger partial charge in [0.15, 0.2) is 0 Å². The van der Waals surface area contributed by atoms with E-state index in [9.17, 15) is 4.39 Å². The van der Waals surface area contributed by atoms with Gasteiger partial charge in [-0.3, -0.25) is 4.98 Å². The highest BCUT2D eigenvalue weighted by molar-refractivity contribution is 6.62. The molecule has 24 heavy (non-hydrogen) atoms. The SMILES string of the molecule is Cc1cc(C(C)C)c2cc(B3OC(C)(C)C(C)(C)O3)cc(F)c2n1. The number of hydrogen-bond acceptors (Lipinski definition) is 3. The second kappa shape index (κ2) is 5.53. The number of rotatable bonds is 2. The van der Waals surface area contributed by atoms with Crippen LogP contribution in [0.25, 0.3) is 10.9 Å². The fourth-order valence-corrected chi connectivity index (χ4v) is 3.06. The first-order valence-electron chi connectivity index (χ1n) is 8.48. The van der Waals surface area contributed by atoms with Crippen LogP contribution >= 0.6 is 0 Å². The topological polar surface area (TPSA) is 31.4 Å². The molecule has 0 aliphatic carbocycles. The maximum absolute atomic E-state index is 14.7. The van der Waals surface area contributed by atoms with Gasteiger partial charge in [-0.1, -0.05) is 19.9 Å². The maximum Gasteiger partial charge on any atom is 0.494 e. The standard InChI is InChI=1S/C19H25BFNO2/c1-11(2)14-8-12(3)22-17-15(14)9-13(10-16(17)21)20-23-18(4,5)19(6,7)24-20/h8-11H,1-7H3. The Morgan fingerprint density at radius 1 is 1.04 bits per heavy atom. The quantitative estimate of drug-likeness (QED) is 0.777. The Morgan fingerprint density at radius 3 is 2.17 bits per heavy atom. The van der Waals surface area contributed by atoms with Crippen molar-refractivity contribution in [2.24, 2.45) is 0 Å². The van der Waals surface area contributed by atoms with Crippen LogP contribution in [0.1, 0.15) is 58.7 Å². The summed E-state index contributed by atoms with van der Waals surface area (Å²) in [5, 5.41) is 0.834. The number of nitrogens with zero attached hydrogens (tertiary/aromatic N) is 1. The highest BCUT2D eigenvalue weighted by Gasteiger charge is 2.51. The van der Waals surface area contributed by atoms with Crippen LogP contribution in [0.2, 0.25) is 0 Å². The molecule has 1 aromatic heterocycles. The predicted molar refractivity (Wildman–Crippen MR) is 96.2 cm³/mol. The lowest BCUT2D eigenvalue weighted by Gasteiger charge is -2.32. The van der Waals surface area contributed by atoms with Crippen LogP contribution < -0.4 is 5.46 Å². The minimum Gasteiger partial charge on any atom is -0.399 e. The second-order valence-electron chi connectivity index (χ2n) is 7.99. The third kappa shape index (κ3) is 2.74. The highest BCUT2D eigenvalue weighted by atomic mass is 19.1. The van der Waals surface area contributed by atoms with Crippen LogP contribution in [0, 0.1) is 12.7 Å². The zero-order valence-electron chi connectivity index (χ0n) is 15.5. The molecular weight excluding hydrogens is 304 g/mol. The molecular formula is C19H25BFNO2. The van der Waals surface area contributed by atoms with Crippen molar-refractivity contribution in [2.45, 2.75) is 65.6 Å². The molecule has 3 rings (SSSR count). The summed E-state index contributed by atoms with van der Waals surface area (Å²) in [5.41, 5.74) is 2.14. The van der Waals surface area contributed by atoms with Gasteiger partial charge in [0.25, 0.3) is 0 Å². The lowest BCUT2D eigenvalue weighted by Crippen LogP contribution is -2.41. The molecule has 0 amide bonds. The van der Waals surface area contributed by atoms with E-state index in [0.29, 0.717) is 11.0 Å². The number of fused-ring (bicyclic) bond motifs is 1. The van der Waals surface area contributed by atoms with Crippen molar-refractivity contribution in [1.29, 1.82) is 0 Å². The normalized spacial score (nSPS) is 19.5. The average Bonchev–Trinajstić information content (AvgIpc) is 2.67. The van der Waals surface area contributed by atoms with Crippen LogP contribution in [0.15, 0.2) is 18.2 Å². The predicted octanol–water partition coefficient (Wildman–Crippen LogP) is 4.10. The Morgan fingerprint density at radius 2 is 1.62 bits per heavy atom. The van der Waals surface area contributed by atoms with Gasteiger partial charge >= 0.3 is 7.12 Å². The van der Waals surface area contributed by atoms with Gasteiger partial charge in [0.05, 0.1) is 11.2 Å². The van der Waals surface area contributed by atoms with E-state index in [-0.39, 0.29) is 11.7 Å². The molecule has 0 saturated carbocycles. The summed E-state index contributed by atoms with van der Waals surface area (Å²) in [6.45, 7) is 14.1. The van der Waals surface area contributed by atoms with E-state index < -0.39 is 18.3 Å². The summed E-state index contributed by atoms with van der Waals surface area (Å²) in [6.07, 6.45) is 0. The minimum absolute atomic E-state index is 0.280. The summed E-state index contributed by atoms with van der Waals surface area (Å²) in [4.78, 5) is 4.39. The maximum atomic E-state index is 14.7. The van der Waals surface area contributed by atoms with E-state index in [0.717, 1.165) is 16.6 Å². The number of aromatic nitrogens is 1. The molecule has 5 heteroatoms. The molecule has 0 radical (unpaired) electrons. The molecule has 128 valence electrons. The summed E-state index contributed by atoms with van der Waals surface area (Å²) in [6, 6.07) is 5.48. The molecule has 2 heterocycles. The highest BCUT2D eigenvalue weighted by Crippen LogP contribution is 2.37. The summed E-state index contributed by atoms with van der Waals surface area (Å²) in [5.74, 6) is -0.0510. The first-order chi connectivity index (χ1) is 11.0. The Balaban J connectivity index is 2.15. The largest absolute Gasteiger partial charge is 0.494 e. The molecule has 0 atom stereocenters. The van der Waals surface area contributed by atoms with Crippen molar-refractivity contribution in [2.75, 3.05) is 0 Å². The van der Waals surface area contributed by atoms with E-state index in [1.165, 1.54) is 6.07 Å². The fraction of sp³-hybridized carbons (Fsp3) is 0.526. The van der Waals surface area contributed by atoms with Gasteiger partial charge < -0.3 is 9.31 Å². The van der Waals surface area contributed by atoms with Crippen molar-refractivity contribution >= 4 is 23.5 Å². The van der Waals surface area contributed by atoms with Crippen molar-refractivity contribution < 1.29 is 13.7 Å². The molecule has 1 fully saturated rings. The summed E-state index contributed by atoms with van der Waals surface area (Å²) < 4.78 is 26.9. The Labute approximate surface area is 143 Å². The van der Waals surface area contributed by atoms with Crippen LogP contribution in [0.5, 0.6) is 0 Å². The third-order valence-electron chi connectivity index (χ3n) is 5.20. The van der Waals surface area contributed by atoms with E-state index in [1.54, 1.807) is 0 Å². The van der Waals surface area contributed by atoms with E-state index in [4.69, 9.17) is 9.31 Å². The smallest absolute Gasteiger partial charge is 0.399 e. The monoisotopic (exact) mass is 329 g/mol.